The van der Waals surface area contributed by atoms with E-state index in [0.29, 0.717) is 12.0 Å². The van der Waals surface area contributed by atoms with Gasteiger partial charge in [-0.2, -0.15) is 5.10 Å². The van der Waals surface area contributed by atoms with Gasteiger partial charge in [0.2, 0.25) is 0 Å². The molecule has 0 fully saturated rings. The first-order chi connectivity index (χ1) is 8.63. The normalized spacial score (nSPS) is 10.1. The van der Waals surface area contributed by atoms with Crippen LogP contribution in [0.4, 0.5) is 4.39 Å². The Morgan fingerprint density at radius 3 is 2.89 bits per heavy atom. The molecule has 1 aromatic heterocycles. The molecule has 5 nitrogen and oxygen atoms in total. The highest BCUT2D eigenvalue weighted by atomic mass is 19.1. The van der Waals surface area contributed by atoms with Gasteiger partial charge in [0.25, 0.3) is 5.91 Å². The molecule has 2 aromatic rings. The third-order valence-corrected chi connectivity index (χ3v) is 2.35. The van der Waals surface area contributed by atoms with E-state index in [9.17, 15) is 14.0 Å². The number of hydrogen-bond acceptors (Lipinski definition) is 3. The molecule has 92 valence electrons. The van der Waals surface area contributed by atoms with Crippen molar-refractivity contribution in [2.75, 3.05) is 7.05 Å². The summed E-state index contributed by atoms with van der Waals surface area (Å²) in [4.78, 5) is 22.0. The zero-order valence-electron chi connectivity index (χ0n) is 9.55. The topological polar surface area (TPSA) is 64.0 Å². The Hall–Kier alpha value is -2.50. The van der Waals surface area contributed by atoms with E-state index in [-0.39, 0.29) is 17.2 Å². The van der Waals surface area contributed by atoms with E-state index in [1.807, 2.05) is 0 Å². The van der Waals surface area contributed by atoms with Crippen molar-refractivity contribution in [3.63, 3.8) is 0 Å². The third kappa shape index (κ3) is 2.27. The molecule has 6 heteroatoms. The third-order valence-electron chi connectivity index (χ3n) is 2.35. The average molecular weight is 247 g/mol. The lowest BCUT2D eigenvalue weighted by atomic mass is 10.2. The molecule has 1 heterocycles. The fourth-order valence-electron chi connectivity index (χ4n) is 1.51. The summed E-state index contributed by atoms with van der Waals surface area (Å²) in [5, 5.41) is 6.42. The van der Waals surface area contributed by atoms with Crippen molar-refractivity contribution in [3.8, 4) is 5.69 Å². The minimum absolute atomic E-state index is 0.210. The lowest BCUT2D eigenvalue weighted by molar-refractivity contribution is 0.0957. The van der Waals surface area contributed by atoms with Crippen molar-refractivity contribution >= 4 is 12.2 Å². The first-order valence-corrected chi connectivity index (χ1v) is 5.18. The van der Waals surface area contributed by atoms with Crippen molar-refractivity contribution in [3.05, 3.63) is 47.5 Å². The molecule has 0 saturated heterocycles. The van der Waals surface area contributed by atoms with Crippen LogP contribution in [-0.4, -0.2) is 29.0 Å². The van der Waals surface area contributed by atoms with E-state index in [1.54, 1.807) is 0 Å². The minimum Gasteiger partial charge on any atom is -0.354 e. The smallest absolute Gasteiger partial charge is 0.271 e. The van der Waals surface area contributed by atoms with Gasteiger partial charge in [-0.1, -0.05) is 0 Å². The van der Waals surface area contributed by atoms with Crippen LogP contribution in [0.25, 0.3) is 5.69 Å². The van der Waals surface area contributed by atoms with Crippen molar-refractivity contribution in [1.82, 2.24) is 15.1 Å². The number of carbonyl (C=O) groups is 2. The fourth-order valence-corrected chi connectivity index (χ4v) is 1.51. The molecule has 0 bridgehead atoms. The Bertz CT molecular complexity index is 607. The summed E-state index contributed by atoms with van der Waals surface area (Å²) < 4.78 is 14.6. The van der Waals surface area contributed by atoms with E-state index in [4.69, 9.17) is 0 Å². The number of halogens is 1. The van der Waals surface area contributed by atoms with E-state index in [0.717, 1.165) is 6.07 Å². The molecule has 2 rings (SSSR count). The highest BCUT2D eigenvalue weighted by molar-refractivity contribution is 5.91. The molecule has 0 atom stereocenters. The molecule has 0 aliphatic heterocycles. The molecule has 1 amide bonds. The predicted octanol–water partition coefficient (Wildman–Crippen LogP) is 1.18. The van der Waals surface area contributed by atoms with Gasteiger partial charge in [-0.15, -0.1) is 0 Å². The second-order valence-electron chi connectivity index (χ2n) is 3.59. The summed E-state index contributed by atoms with van der Waals surface area (Å²) in [7, 11) is 1.49. The van der Waals surface area contributed by atoms with Gasteiger partial charge in [0.1, 0.15) is 12.1 Å². The molecule has 0 aliphatic rings. The second kappa shape index (κ2) is 4.79. The quantitative estimate of drug-likeness (QED) is 0.828. The Balaban J connectivity index is 2.42. The Labute approximate surface area is 102 Å². The number of benzene rings is 1. The maximum absolute atomic E-state index is 13.3. The standard InChI is InChI=1S/C12H10FN3O2/c1-14-12(18)11-2-3-16(15-11)10-5-8(7-17)4-9(13)6-10/h2-7H,1H3,(H,14,18). The van der Waals surface area contributed by atoms with Gasteiger partial charge < -0.3 is 5.32 Å². The molecule has 0 saturated carbocycles. The van der Waals surface area contributed by atoms with Gasteiger partial charge in [0.05, 0.1) is 5.69 Å². The van der Waals surface area contributed by atoms with Gasteiger partial charge in [-0.25, -0.2) is 9.07 Å². The summed E-state index contributed by atoms with van der Waals surface area (Å²) >= 11 is 0. The number of hydrogen-bond donors (Lipinski definition) is 1. The number of aromatic nitrogens is 2. The molecule has 0 radical (unpaired) electrons. The van der Waals surface area contributed by atoms with Crippen molar-refractivity contribution in [2.24, 2.45) is 0 Å². The van der Waals surface area contributed by atoms with Crippen LogP contribution in [0.2, 0.25) is 0 Å². The van der Waals surface area contributed by atoms with Crippen LogP contribution < -0.4 is 5.32 Å². The Kier molecular flexibility index (Phi) is 3.18. The van der Waals surface area contributed by atoms with Crippen LogP contribution >= 0.6 is 0 Å². The van der Waals surface area contributed by atoms with Crippen LogP contribution in [0.3, 0.4) is 0 Å². The molecular formula is C12H10FN3O2. The van der Waals surface area contributed by atoms with Crippen LogP contribution in [0, 0.1) is 5.82 Å². The molecule has 0 aliphatic carbocycles. The summed E-state index contributed by atoms with van der Waals surface area (Å²) in [5.41, 5.74) is 0.809. The largest absolute Gasteiger partial charge is 0.354 e. The average Bonchev–Trinajstić information content (AvgIpc) is 2.86. The van der Waals surface area contributed by atoms with E-state index < -0.39 is 5.82 Å². The van der Waals surface area contributed by atoms with Crippen molar-refractivity contribution < 1.29 is 14.0 Å². The molecule has 0 unspecified atom stereocenters. The fraction of sp³-hybridized carbons (Fsp3) is 0.0833. The van der Waals surface area contributed by atoms with Crippen LogP contribution in [0.1, 0.15) is 20.8 Å². The maximum Gasteiger partial charge on any atom is 0.271 e. The zero-order valence-corrected chi connectivity index (χ0v) is 9.55. The molecular weight excluding hydrogens is 237 g/mol. The number of rotatable bonds is 3. The SMILES string of the molecule is CNC(=O)c1ccn(-c2cc(F)cc(C=O)c2)n1. The summed E-state index contributed by atoms with van der Waals surface area (Å²) in [6.07, 6.45) is 2.07. The first kappa shape index (κ1) is 12.0. The highest BCUT2D eigenvalue weighted by Gasteiger charge is 2.09. The molecule has 0 spiro atoms. The number of amides is 1. The van der Waals surface area contributed by atoms with Crippen LogP contribution in [-0.2, 0) is 0 Å². The number of carbonyl (C=O) groups excluding carboxylic acids is 2. The zero-order chi connectivity index (χ0) is 13.1. The summed E-state index contributed by atoms with van der Waals surface area (Å²) in [5.74, 6) is -0.868. The molecule has 1 aromatic carbocycles. The molecule has 18 heavy (non-hydrogen) atoms. The summed E-state index contributed by atoms with van der Waals surface area (Å²) in [6, 6.07) is 5.34. The second-order valence-corrected chi connectivity index (χ2v) is 3.59. The first-order valence-electron chi connectivity index (χ1n) is 5.18. The molecule has 1 N–H and O–H groups in total. The highest BCUT2D eigenvalue weighted by Crippen LogP contribution is 2.12. The number of aldehydes is 1. The van der Waals surface area contributed by atoms with E-state index in [1.165, 1.54) is 36.1 Å². The Morgan fingerprint density at radius 1 is 1.44 bits per heavy atom. The van der Waals surface area contributed by atoms with Gasteiger partial charge in [0.15, 0.2) is 5.69 Å². The van der Waals surface area contributed by atoms with Gasteiger partial charge in [-0.05, 0) is 24.3 Å². The van der Waals surface area contributed by atoms with Crippen molar-refractivity contribution in [1.29, 1.82) is 0 Å². The lowest BCUT2D eigenvalue weighted by Crippen LogP contribution is -2.18. The number of nitrogens with one attached hydrogen (secondary N) is 1. The van der Waals surface area contributed by atoms with Gasteiger partial charge in [0, 0.05) is 18.8 Å². The van der Waals surface area contributed by atoms with E-state index in [2.05, 4.69) is 10.4 Å². The minimum atomic E-state index is -0.536. The van der Waals surface area contributed by atoms with Crippen LogP contribution in [0.15, 0.2) is 30.5 Å². The van der Waals surface area contributed by atoms with Gasteiger partial charge >= 0.3 is 0 Å². The van der Waals surface area contributed by atoms with E-state index >= 15 is 0 Å². The summed E-state index contributed by atoms with van der Waals surface area (Å²) in [6.45, 7) is 0. The Morgan fingerprint density at radius 2 is 2.22 bits per heavy atom. The van der Waals surface area contributed by atoms with Gasteiger partial charge in [-0.3, -0.25) is 9.59 Å². The number of nitrogens with zero attached hydrogens (tertiary/aromatic N) is 2. The van der Waals surface area contributed by atoms with Crippen molar-refractivity contribution in [2.45, 2.75) is 0 Å². The lowest BCUT2D eigenvalue weighted by Gasteiger charge is -2.02. The predicted molar refractivity (Wildman–Crippen MR) is 62.3 cm³/mol. The monoisotopic (exact) mass is 247 g/mol. The maximum atomic E-state index is 13.3. The van der Waals surface area contributed by atoms with Crippen LogP contribution in [0.5, 0.6) is 0 Å².